The molecular formula is C20H24ClFN4O2. The molecule has 0 aliphatic carbocycles. The van der Waals surface area contributed by atoms with E-state index >= 15 is 0 Å². The molecule has 1 atom stereocenters. The third kappa shape index (κ3) is 4.21. The minimum atomic E-state index is -0.364. The van der Waals surface area contributed by atoms with E-state index in [4.69, 9.17) is 16.3 Å². The fraction of sp³-hybridized carbons (Fsp3) is 0.500. The smallest absolute Gasteiger partial charge is 0.269 e. The second kappa shape index (κ2) is 8.59. The number of aromatic nitrogens is 2. The highest BCUT2D eigenvalue weighted by Crippen LogP contribution is 2.24. The van der Waals surface area contributed by atoms with Crippen molar-refractivity contribution in [2.75, 3.05) is 44.3 Å². The molecule has 28 heavy (non-hydrogen) atoms. The summed E-state index contributed by atoms with van der Waals surface area (Å²) < 4.78 is 21.2. The molecule has 2 aliphatic heterocycles. The van der Waals surface area contributed by atoms with Crippen LogP contribution in [0.3, 0.4) is 0 Å². The van der Waals surface area contributed by atoms with Crippen molar-refractivity contribution in [3.8, 4) is 0 Å². The summed E-state index contributed by atoms with van der Waals surface area (Å²) in [5.41, 5.74) is 1.33. The molecule has 0 spiro atoms. The maximum absolute atomic E-state index is 14.2. The number of hydrogen-bond acceptors (Lipinski definition) is 5. The van der Waals surface area contributed by atoms with Crippen LogP contribution in [0, 0.1) is 5.82 Å². The van der Waals surface area contributed by atoms with Crippen LogP contribution in [-0.2, 0) is 11.3 Å². The first kappa shape index (κ1) is 19.4. The van der Waals surface area contributed by atoms with E-state index in [-0.39, 0.29) is 22.4 Å². The molecule has 2 fully saturated rings. The summed E-state index contributed by atoms with van der Waals surface area (Å²) >= 11 is 5.89. The number of benzene rings is 1. The Kier molecular flexibility index (Phi) is 5.94. The van der Waals surface area contributed by atoms with Gasteiger partial charge in [0.1, 0.15) is 5.82 Å². The Balaban J connectivity index is 1.47. The van der Waals surface area contributed by atoms with Gasteiger partial charge in [-0.2, -0.15) is 5.10 Å². The van der Waals surface area contributed by atoms with Crippen molar-refractivity contribution in [3.05, 3.63) is 57.2 Å². The third-order valence-electron chi connectivity index (χ3n) is 5.44. The van der Waals surface area contributed by atoms with E-state index in [1.165, 1.54) is 0 Å². The molecule has 6 nitrogen and oxygen atoms in total. The fourth-order valence-corrected chi connectivity index (χ4v) is 4.16. The minimum absolute atomic E-state index is 0.0118. The molecule has 0 amide bonds. The molecular weight excluding hydrogens is 383 g/mol. The van der Waals surface area contributed by atoms with Gasteiger partial charge in [0.05, 0.1) is 36.2 Å². The number of nitrogens with zero attached hydrogens (tertiary/aromatic N) is 4. The van der Waals surface area contributed by atoms with Gasteiger partial charge < -0.3 is 9.64 Å². The lowest BCUT2D eigenvalue weighted by Gasteiger charge is -2.33. The van der Waals surface area contributed by atoms with Crippen molar-refractivity contribution in [3.63, 3.8) is 0 Å². The van der Waals surface area contributed by atoms with E-state index in [0.29, 0.717) is 31.9 Å². The Hall–Kier alpha value is -1.96. The molecule has 4 rings (SSSR count). The lowest BCUT2D eigenvalue weighted by atomic mass is 10.0. The zero-order chi connectivity index (χ0) is 19.5. The van der Waals surface area contributed by atoms with E-state index in [2.05, 4.69) is 14.9 Å². The lowest BCUT2D eigenvalue weighted by Crippen LogP contribution is -2.41. The Morgan fingerprint density at radius 1 is 1.25 bits per heavy atom. The van der Waals surface area contributed by atoms with E-state index in [0.717, 1.165) is 38.2 Å². The van der Waals surface area contributed by atoms with Crippen molar-refractivity contribution >= 4 is 17.3 Å². The molecule has 1 aromatic heterocycles. The zero-order valence-corrected chi connectivity index (χ0v) is 16.4. The topological polar surface area (TPSA) is 50.6 Å². The molecule has 0 saturated carbocycles. The van der Waals surface area contributed by atoms with Crippen molar-refractivity contribution < 1.29 is 9.13 Å². The van der Waals surface area contributed by atoms with Crippen LogP contribution < -0.4 is 10.5 Å². The first-order valence-corrected chi connectivity index (χ1v) is 10.1. The number of anilines is 1. The first-order chi connectivity index (χ1) is 13.6. The molecule has 0 bridgehead atoms. The Labute approximate surface area is 168 Å². The van der Waals surface area contributed by atoms with Gasteiger partial charge in [-0.3, -0.25) is 9.69 Å². The standard InChI is InChI=1S/C20H24ClFN4O2/c21-18-5-1-3-15(20(18)22)13-24-6-2-4-16(14-24)26-19(27)11-17(12-23-26)25-7-9-28-10-8-25/h1,3,5,11-12,16H,2,4,6-10,13-14H2. The summed E-state index contributed by atoms with van der Waals surface area (Å²) in [6, 6.07) is 6.72. The van der Waals surface area contributed by atoms with Crippen LogP contribution in [0.4, 0.5) is 10.1 Å². The van der Waals surface area contributed by atoms with Crippen molar-refractivity contribution in [1.82, 2.24) is 14.7 Å². The number of hydrogen-bond donors (Lipinski definition) is 0. The molecule has 8 heteroatoms. The second-order valence-electron chi connectivity index (χ2n) is 7.34. The van der Waals surface area contributed by atoms with Crippen LogP contribution >= 0.6 is 11.6 Å². The van der Waals surface area contributed by atoms with E-state index in [9.17, 15) is 9.18 Å². The molecule has 1 unspecified atom stereocenters. The van der Waals surface area contributed by atoms with Crippen LogP contribution in [0.1, 0.15) is 24.4 Å². The predicted molar refractivity (Wildman–Crippen MR) is 106 cm³/mol. The Morgan fingerprint density at radius 2 is 2.07 bits per heavy atom. The molecule has 1 aromatic carbocycles. The lowest BCUT2D eigenvalue weighted by molar-refractivity contribution is 0.122. The number of halogens is 2. The quantitative estimate of drug-likeness (QED) is 0.781. The van der Waals surface area contributed by atoms with Gasteiger partial charge in [0.25, 0.3) is 5.56 Å². The highest BCUT2D eigenvalue weighted by atomic mass is 35.5. The molecule has 3 heterocycles. The Bertz CT molecular complexity index is 885. The summed E-state index contributed by atoms with van der Waals surface area (Å²) in [6.45, 7) is 4.88. The summed E-state index contributed by atoms with van der Waals surface area (Å²) in [4.78, 5) is 17.0. The van der Waals surface area contributed by atoms with Gasteiger partial charge >= 0.3 is 0 Å². The molecule has 2 aliphatic rings. The molecule has 150 valence electrons. The second-order valence-corrected chi connectivity index (χ2v) is 7.75. The van der Waals surface area contributed by atoms with Crippen LogP contribution in [0.5, 0.6) is 0 Å². The fourth-order valence-electron chi connectivity index (χ4n) is 3.96. The van der Waals surface area contributed by atoms with Crippen molar-refractivity contribution in [1.29, 1.82) is 0 Å². The molecule has 0 N–H and O–H groups in total. The van der Waals surface area contributed by atoms with Gasteiger partial charge in [-0.15, -0.1) is 0 Å². The summed E-state index contributed by atoms with van der Waals surface area (Å²) in [5, 5.41) is 4.59. The highest BCUT2D eigenvalue weighted by molar-refractivity contribution is 6.30. The summed E-state index contributed by atoms with van der Waals surface area (Å²) in [5.74, 6) is -0.364. The SMILES string of the molecule is O=c1cc(N2CCOCC2)cnn1C1CCCN(Cc2cccc(Cl)c2F)C1. The highest BCUT2D eigenvalue weighted by Gasteiger charge is 2.24. The van der Waals surface area contributed by atoms with Gasteiger partial charge in [0, 0.05) is 37.8 Å². The number of morpholine rings is 1. The molecule has 2 saturated heterocycles. The Morgan fingerprint density at radius 3 is 2.86 bits per heavy atom. The molecule has 0 radical (unpaired) electrons. The van der Waals surface area contributed by atoms with Crippen molar-refractivity contribution in [2.24, 2.45) is 0 Å². The van der Waals surface area contributed by atoms with Gasteiger partial charge in [0.2, 0.25) is 0 Å². The number of likely N-dealkylation sites (tertiary alicyclic amines) is 1. The van der Waals surface area contributed by atoms with Crippen LogP contribution in [-0.4, -0.2) is 54.1 Å². The van der Waals surface area contributed by atoms with Crippen LogP contribution in [0.15, 0.2) is 35.3 Å². The van der Waals surface area contributed by atoms with E-state index in [1.54, 1.807) is 35.1 Å². The number of piperidine rings is 1. The predicted octanol–water partition coefficient (Wildman–Crippen LogP) is 2.71. The summed E-state index contributed by atoms with van der Waals surface area (Å²) in [7, 11) is 0. The van der Waals surface area contributed by atoms with E-state index in [1.807, 2.05) is 0 Å². The van der Waals surface area contributed by atoms with Crippen LogP contribution in [0.2, 0.25) is 5.02 Å². The average Bonchev–Trinajstić information content (AvgIpc) is 2.72. The maximum Gasteiger partial charge on any atom is 0.269 e. The molecule has 2 aromatic rings. The normalized spacial score (nSPS) is 21.1. The van der Waals surface area contributed by atoms with Gasteiger partial charge in [-0.1, -0.05) is 23.7 Å². The monoisotopic (exact) mass is 406 g/mol. The minimum Gasteiger partial charge on any atom is -0.378 e. The van der Waals surface area contributed by atoms with Gasteiger partial charge in [-0.25, -0.2) is 9.07 Å². The first-order valence-electron chi connectivity index (χ1n) is 9.68. The average molecular weight is 407 g/mol. The third-order valence-corrected chi connectivity index (χ3v) is 5.73. The van der Waals surface area contributed by atoms with Gasteiger partial charge in [-0.05, 0) is 25.5 Å². The summed E-state index contributed by atoms with van der Waals surface area (Å²) in [6.07, 6.45) is 3.59. The van der Waals surface area contributed by atoms with E-state index < -0.39 is 0 Å². The maximum atomic E-state index is 14.2. The van der Waals surface area contributed by atoms with Gasteiger partial charge in [0.15, 0.2) is 0 Å². The largest absolute Gasteiger partial charge is 0.378 e. The zero-order valence-electron chi connectivity index (χ0n) is 15.7. The number of rotatable bonds is 4. The van der Waals surface area contributed by atoms with Crippen LogP contribution in [0.25, 0.3) is 0 Å². The van der Waals surface area contributed by atoms with Crippen molar-refractivity contribution in [2.45, 2.75) is 25.4 Å². The number of ether oxygens (including phenoxy) is 1.